The van der Waals surface area contributed by atoms with Crippen LogP contribution in [0.4, 0.5) is 4.79 Å². The number of thioether (sulfide) groups is 1. The summed E-state index contributed by atoms with van der Waals surface area (Å²) in [5, 5.41) is 1.84. The van der Waals surface area contributed by atoms with Crippen LogP contribution in [0.5, 0.6) is 11.5 Å². The van der Waals surface area contributed by atoms with Crippen molar-refractivity contribution in [3.8, 4) is 11.5 Å². The highest BCUT2D eigenvalue weighted by molar-refractivity contribution is 8.18. The summed E-state index contributed by atoms with van der Waals surface area (Å²) in [4.78, 5) is 38.1. The molecular formula is C25H22N2O5S. The molecule has 0 spiro atoms. The van der Waals surface area contributed by atoms with Crippen molar-refractivity contribution in [3.05, 3.63) is 76.7 Å². The van der Waals surface area contributed by atoms with Crippen LogP contribution in [0.15, 0.2) is 65.6 Å². The van der Waals surface area contributed by atoms with Crippen LogP contribution < -0.4 is 15.2 Å². The maximum atomic E-state index is 13.0. The average Bonchev–Trinajstić information content (AvgIpc) is 3.06. The topological polar surface area (TPSA) is 98.9 Å². The van der Waals surface area contributed by atoms with Gasteiger partial charge in [-0.15, -0.1) is 0 Å². The molecule has 4 rings (SSSR count). The third-order valence-electron chi connectivity index (χ3n) is 4.96. The van der Waals surface area contributed by atoms with Gasteiger partial charge in [0.15, 0.2) is 18.1 Å². The van der Waals surface area contributed by atoms with Gasteiger partial charge < -0.3 is 15.2 Å². The molecule has 1 saturated heterocycles. The van der Waals surface area contributed by atoms with Crippen LogP contribution in [0.3, 0.4) is 0 Å². The molecule has 0 radical (unpaired) electrons. The van der Waals surface area contributed by atoms with Gasteiger partial charge in [-0.25, -0.2) is 0 Å². The third kappa shape index (κ3) is 5.18. The Morgan fingerprint density at radius 1 is 1.00 bits per heavy atom. The van der Waals surface area contributed by atoms with Crippen molar-refractivity contribution in [1.29, 1.82) is 0 Å². The molecule has 1 fully saturated rings. The van der Waals surface area contributed by atoms with Crippen LogP contribution in [0.25, 0.3) is 16.8 Å². The van der Waals surface area contributed by atoms with E-state index in [1.54, 1.807) is 24.3 Å². The van der Waals surface area contributed by atoms with E-state index in [-0.39, 0.29) is 24.3 Å². The molecule has 7 nitrogen and oxygen atoms in total. The third-order valence-corrected chi connectivity index (χ3v) is 5.87. The minimum absolute atomic E-state index is 0.205. The first-order chi connectivity index (χ1) is 15.9. The minimum Gasteiger partial charge on any atom is -0.490 e. The van der Waals surface area contributed by atoms with Crippen molar-refractivity contribution in [2.24, 2.45) is 5.73 Å². The lowest BCUT2D eigenvalue weighted by Crippen LogP contribution is -2.27. The maximum absolute atomic E-state index is 13.0. The molecule has 0 aromatic heterocycles. The van der Waals surface area contributed by atoms with Crippen LogP contribution >= 0.6 is 11.8 Å². The van der Waals surface area contributed by atoms with Crippen molar-refractivity contribution in [3.63, 3.8) is 0 Å². The van der Waals surface area contributed by atoms with E-state index >= 15 is 0 Å². The van der Waals surface area contributed by atoms with E-state index < -0.39 is 5.91 Å². The molecule has 1 aliphatic rings. The zero-order chi connectivity index (χ0) is 23.4. The Balaban J connectivity index is 1.54. The molecule has 168 valence electrons. The predicted molar refractivity (Wildman–Crippen MR) is 128 cm³/mol. The Kier molecular flexibility index (Phi) is 6.65. The summed E-state index contributed by atoms with van der Waals surface area (Å²) < 4.78 is 11.0. The molecule has 0 atom stereocenters. The Morgan fingerprint density at radius 2 is 1.79 bits per heavy atom. The number of rotatable bonds is 8. The highest BCUT2D eigenvalue weighted by Gasteiger charge is 2.35. The molecule has 0 aliphatic carbocycles. The molecule has 33 heavy (non-hydrogen) atoms. The van der Waals surface area contributed by atoms with E-state index in [0.717, 1.165) is 28.1 Å². The molecule has 1 aliphatic heterocycles. The first-order valence-corrected chi connectivity index (χ1v) is 11.2. The number of fused-ring (bicyclic) bond motifs is 1. The molecule has 0 saturated carbocycles. The van der Waals surface area contributed by atoms with E-state index in [1.807, 2.05) is 49.4 Å². The number of imide groups is 1. The number of carbonyl (C=O) groups excluding carboxylic acids is 3. The summed E-state index contributed by atoms with van der Waals surface area (Å²) in [5.41, 5.74) is 6.68. The zero-order valence-electron chi connectivity index (χ0n) is 17.9. The lowest BCUT2D eigenvalue weighted by molar-refractivity contribution is -0.123. The molecular weight excluding hydrogens is 440 g/mol. The quantitative estimate of drug-likeness (QED) is 0.500. The number of nitrogens with zero attached hydrogens (tertiary/aromatic N) is 1. The first kappa shape index (κ1) is 22.4. The molecule has 2 N–H and O–H groups in total. The second-order valence-corrected chi connectivity index (χ2v) is 8.34. The van der Waals surface area contributed by atoms with E-state index in [0.29, 0.717) is 28.6 Å². The summed E-state index contributed by atoms with van der Waals surface area (Å²) in [6.07, 6.45) is 1.64. The van der Waals surface area contributed by atoms with E-state index in [2.05, 4.69) is 0 Å². The summed E-state index contributed by atoms with van der Waals surface area (Å²) in [7, 11) is 0. The van der Waals surface area contributed by atoms with Gasteiger partial charge in [0, 0.05) is 0 Å². The lowest BCUT2D eigenvalue weighted by atomic mass is 10.1. The number of primary amides is 1. The van der Waals surface area contributed by atoms with E-state index in [1.165, 1.54) is 4.90 Å². The van der Waals surface area contributed by atoms with Crippen LogP contribution in [0.1, 0.15) is 18.1 Å². The summed E-state index contributed by atoms with van der Waals surface area (Å²) in [6.45, 7) is 2.14. The first-order valence-electron chi connectivity index (χ1n) is 10.4. The monoisotopic (exact) mass is 462 g/mol. The van der Waals surface area contributed by atoms with Crippen molar-refractivity contribution in [2.45, 2.75) is 13.5 Å². The van der Waals surface area contributed by atoms with Crippen molar-refractivity contribution < 1.29 is 23.9 Å². The van der Waals surface area contributed by atoms with Gasteiger partial charge in [-0.05, 0) is 64.9 Å². The summed E-state index contributed by atoms with van der Waals surface area (Å²) in [5.74, 6) is -0.146. The zero-order valence-corrected chi connectivity index (χ0v) is 18.8. The summed E-state index contributed by atoms with van der Waals surface area (Å²) >= 11 is 0.902. The number of ether oxygens (including phenoxy) is 2. The number of hydrogen-bond acceptors (Lipinski definition) is 6. The number of hydrogen-bond donors (Lipinski definition) is 1. The number of amides is 3. The standard InChI is InChI=1S/C25H22N2O5S/c1-2-31-21-12-16(8-10-20(21)32-15-23(26)28)13-22-24(29)27(25(30)33-22)14-17-7-9-18-5-3-4-6-19(18)11-17/h3-13H,2,14-15H2,1H3,(H2,26,28)/b22-13-. The molecule has 3 aromatic rings. The van der Waals surface area contributed by atoms with Crippen LogP contribution in [0.2, 0.25) is 0 Å². The highest BCUT2D eigenvalue weighted by atomic mass is 32.2. The van der Waals surface area contributed by atoms with Gasteiger partial charge in [0.2, 0.25) is 0 Å². The lowest BCUT2D eigenvalue weighted by Gasteiger charge is -2.13. The van der Waals surface area contributed by atoms with Gasteiger partial charge in [0.25, 0.3) is 17.1 Å². The van der Waals surface area contributed by atoms with Crippen LogP contribution in [-0.4, -0.2) is 35.2 Å². The van der Waals surface area contributed by atoms with Crippen LogP contribution in [0, 0.1) is 0 Å². The second kappa shape index (κ2) is 9.79. The van der Waals surface area contributed by atoms with Gasteiger partial charge in [0.1, 0.15) is 0 Å². The average molecular weight is 463 g/mol. The number of benzene rings is 3. The Hall–Kier alpha value is -3.78. The predicted octanol–water partition coefficient (Wildman–Crippen LogP) is 4.34. The molecule has 1 heterocycles. The van der Waals surface area contributed by atoms with Gasteiger partial charge in [-0.1, -0.05) is 42.5 Å². The van der Waals surface area contributed by atoms with E-state index in [4.69, 9.17) is 15.2 Å². The fraction of sp³-hybridized carbons (Fsp3) is 0.160. The van der Waals surface area contributed by atoms with Gasteiger partial charge in [-0.3, -0.25) is 19.3 Å². The van der Waals surface area contributed by atoms with Crippen molar-refractivity contribution in [2.75, 3.05) is 13.2 Å². The van der Waals surface area contributed by atoms with Crippen LogP contribution in [-0.2, 0) is 16.1 Å². The number of carbonyl (C=O) groups is 3. The highest BCUT2D eigenvalue weighted by Crippen LogP contribution is 2.35. The molecule has 8 heteroatoms. The van der Waals surface area contributed by atoms with Gasteiger partial charge >= 0.3 is 0 Å². The molecule has 3 amide bonds. The van der Waals surface area contributed by atoms with Crippen molar-refractivity contribution in [1.82, 2.24) is 4.90 Å². The van der Waals surface area contributed by atoms with Gasteiger partial charge in [-0.2, -0.15) is 0 Å². The summed E-state index contributed by atoms with van der Waals surface area (Å²) in [6, 6.07) is 18.9. The Bertz CT molecular complexity index is 1270. The largest absolute Gasteiger partial charge is 0.490 e. The Morgan fingerprint density at radius 3 is 2.55 bits per heavy atom. The normalized spacial score (nSPS) is 14.8. The van der Waals surface area contributed by atoms with E-state index in [9.17, 15) is 14.4 Å². The fourth-order valence-electron chi connectivity index (χ4n) is 3.46. The minimum atomic E-state index is -0.596. The molecule has 3 aromatic carbocycles. The molecule has 0 bridgehead atoms. The molecule has 0 unspecified atom stereocenters. The maximum Gasteiger partial charge on any atom is 0.293 e. The van der Waals surface area contributed by atoms with Gasteiger partial charge in [0.05, 0.1) is 18.1 Å². The van der Waals surface area contributed by atoms with Crippen molar-refractivity contribution >= 4 is 45.7 Å². The Labute approximate surface area is 195 Å². The SMILES string of the molecule is CCOc1cc(/C=C2\SC(=O)N(Cc3ccc4ccccc4c3)C2=O)ccc1OCC(N)=O. The fourth-order valence-corrected chi connectivity index (χ4v) is 4.30. The number of nitrogens with two attached hydrogens (primary N) is 1. The smallest absolute Gasteiger partial charge is 0.293 e. The second-order valence-electron chi connectivity index (χ2n) is 7.34.